The number of sulfonamides is 1. The second-order valence-corrected chi connectivity index (χ2v) is 12.6. The van der Waals surface area contributed by atoms with E-state index in [4.69, 9.17) is 0 Å². The Hall–Kier alpha value is -1.83. The number of aryl methyl sites for hydroxylation is 1. The number of likely N-dealkylation sites (tertiary alicyclic amines) is 1. The number of hydrogen-bond acceptors (Lipinski definition) is 5. The molecule has 13 heteroatoms. The van der Waals surface area contributed by atoms with Crippen LogP contribution in [0.15, 0.2) is 24.3 Å². The predicted molar refractivity (Wildman–Crippen MR) is 125 cm³/mol. The third-order valence-electron chi connectivity index (χ3n) is 8.07. The first-order valence-corrected chi connectivity index (χ1v) is 14.0. The number of nitrogens with one attached hydrogen (secondary N) is 1. The summed E-state index contributed by atoms with van der Waals surface area (Å²) in [5.41, 5.74) is 2.79. The highest BCUT2D eigenvalue weighted by Crippen LogP contribution is 2.41. The van der Waals surface area contributed by atoms with E-state index < -0.39 is 45.6 Å². The van der Waals surface area contributed by atoms with E-state index in [1.54, 1.807) is 17.6 Å². The van der Waals surface area contributed by atoms with E-state index in [1.165, 1.54) is 16.4 Å². The summed E-state index contributed by atoms with van der Waals surface area (Å²) < 4.78 is 90.5. The van der Waals surface area contributed by atoms with Gasteiger partial charge in [-0.05, 0) is 62.0 Å². The SMILES string of the molecule is O=C(NO)C1(S(=O)(=O)N2CCC(c3ccc(CCC(F)(F)C(F)(F)F)cc3)CC2)CCN(C2CC2)CC1. The van der Waals surface area contributed by atoms with E-state index in [0.717, 1.165) is 18.4 Å². The highest BCUT2D eigenvalue weighted by Gasteiger charge is 2.57. The Morgan fingerprint density at radius 3 is 2.03 bits per heavy atom. The van der Waals surface area contributed by atoms with Crippen molar-refractivity contribution in [2.75, 3.05) is 26.2 Å². The molecule has 2 N–H and O–H groups in total. The monoisotopic (exact) mass is 553 g/mol. The van der Waals surface area contributed by atoms with Gasteiger partial charge in [-0.1, -0.05) is 24.3 Å². The van der Waals surface area contributed by atoms with Crippen molar-refractivity contribution in [3.8, 4) is 0 Å². The number of hydroxylamine groups is 1. The number of carbonyl (C=O) groups is 1. The van der Waals surface area contributed by atoms with Crippen LogP contribution < -0.4 is 5.48 Å². The molecule has 3 aliphatic rings. The Kier molecular flexibility index (Phi) is 7.91. The minimum atomic E-state index is -5.58. The fourth-order valence-electron chi connectivity index (χ4n) is 5.47. The van der Waals surface area contributed by atoms with Crippen molar-refractivity contribution < 1.29 is 40.4 Å². The lowest BCUT2D eigenvalue weighted by atomic mass is 9.89. The zero-order valence-electron chi connectivity index (χ0n) is 20.3. The van der Waals surface area contributed by atoms with Crippen LogP contribution in [0, 0.1) is 0 Å². The maximum Gasteiger partial charge on any atom is 0.453 e. The molecule has 7 nitrogen and oxygen atoms in total. The maximum atomic E-state index is 13.7. The Balaban J connectivity index is 1.37. The Morgan fingerprint density at radius 1 is 0.973 bits per heavy atom. The molecule has 2 aliphatic heterocycles. The van der Waals surface area contributed by atoms with Crippen molar-refractivity contribution in [1.29, 1.82) is 0 Å². The molecule has 0 atom stereocenters. The Labute approximate surface area is 213 Å². The van der Waals surface area contributed by atoms with Crippen LogP contribution in [0.1, 0.15) is 62.0 Å². The van der Waals surface area contributed by atoms with Gasteiger partial charge in [0, 0.05) is 38.6 Å². The zero-order valence-corrected chi connectivity index (χ0v) is 21.1. The molecule has 208 valence electrons. The Bertz CT molecular complexity index is 1060. The summed E-state index contributed by atoms with van der Waals surface area (Å²) in [6.45, 7) is 1.29. The molecule has 2 heterocycles. The minimum Gasteiger partial charge on any atom is -0.300 e. The first-order valence-electron chi connectivity index (χ1n) is 12.5. The topological polar surface area (TPSA) is 89.9 Å². The highest BCUT2D eigenvalue weighted by atomic mass is 32.2. The van der Waals surface area contributed by atoms with Gasteiger partial charge in [-0.15, -0.1) is 0 Å². The van der Waals surface area contributed by atoms with Gasteiger partial charge >= 0.3 is 12.1 Å². The van der Waals surface area contributed by atoms with Crippen LogP contribution in [0.5, 0.6) is 0 Å². The second kappa shape index (κ2) is 10.4. The molecule has 0 bridgehead atoms. The molecular weight excluding hydrogens is 521 g/mol. The van der Waals surface area contributed by atoms with Crippen LogP contribution in [0.3, 0.4) is 0 Å². The molecule has 1 aromatic rings. The van der Waals surface area contributed by atoms with Crippen molar-refractivity contribution >= 4 is 15.9 Å². The number of hydrogen-bond donors (Lipinski definition) is 2. The third-order valence-corrected chi connectivity index (χ3v) is 10.7. The molecule has 1 aromatic carbocycles. The maximum absolute atomic E-state index is 13.7. The van der Waals surface area contributed by atoms with Crippen molar-refractivity contribution in [2.45, 2.75) is 80.2 Å². The smallest absolute Gasteiger partial charge is 0.300 e. The fraction of sp³-hybridized carbons (Fsp3) is 0.708. The van der Waals surface area contributed by atoms with E-state index >= 15 is 0 Å². The molecule has 0 aromatic heterocycles. The van der Waals surface area contributed by atoms with Gasteiger partial charge in [-0.25, -0.2) is 18.2 Å². The van der Waals surface area contributed by atoms with Crippen molar-refractivity contribution in [2.24, 2.45) is 0 Å². The minimum absolute atomic E-state index is 0.0172. The van der Waals surface area contributed by atoms with Crippen LogP contribution in [0.25, 0.3) is 0 Å². The van der Waals surface area contributed by atoms with Gasteiger partial charge in [-0.2, -0.15) is 22.0 Å². The van der Waals surface area contributed by atoms with Gasteiger partial charge in [0.25, 0.3) is 5.91 Å². The summed E-state index contributed by atoms with van der Waals surface area (Å²) in [6, 6.07) is 6.87. The summed E-state index contributed by atoms with van der Waals surface area (Å²) in [7, 11) is -4.06. The zero-order chi connectivity index (χ0) is 27.1. The first-order chi connectivity index (χ1) is 17.3. The molecule has 0 radical (unpaired) electrons. The molecule has 0 spiro atoms. The number of alkyl halides is 5. The van der Waals surface area contributed by atoms with Crippen molar-refractivity contribution in [1.82, 2.24) is 14.7 Å². The number of carbonyl (C=O) groups excluding carboxylic acids is 1. The van der Waals surface area contributed by atoms with E-state index in [9.17, 15) is 40.4 Å². The number of amides is 1. The largest absolute Gasteiger partial charge is 0.453 e. The van der Waals surface area contributed by atoms with Gasteiger partial charge in [0.15, 0.2) is 4.75 Å². The average Bonchev–Trinajstić information content (AvgIpc) is 3.72. The molecule has 1 aliphatic carbocycles. The number of nitrogens with zero attached hydrogens (tertiary/aromatic N) is 2. The fourth-order valence-corrected chi connectivity index (χ4v) is 7.63. The predicted octanol–water partition coefficient (Wildman–Crippen LogP) is 3.83. The van der Waals surface area contributed by atoms with Gasteiger partial charge in [0.2, 0.25) is 10.0 Å². The molecule has 0 unspecified atom stereocenters. The average molecular weight is 554 g/mol. The number of rotatable bonds is 8. The van der Waals surface area contributed by atoms with Crippen LogP contribution >= 0.6 is 0 Å². The molecule has 37 heavy (non-hydrogen) atoms. The summed E-state index contributed by atoms with van der Waals surface area (Å²) in [5.74, 6) is -5.67. The van der Waals surface area contributed by atoms with Crippen LogP contribution in [-0.4, -0.2) is 77.8 Å². The second-order valence-electron chi connectivity index (χ2n) is 10.3. The molecule has 1 saturated carbocycles. The number of benzene rings is 1. The highest BCUT2D eigenvalue weighted by molar-refractivity contribution is 7.91. The molecular formula is C24H32F5N3O4S. The van der Waals surface area contributed by atoms with Gasteiger partial charge in [-0.3, -0.25) is 10.0 Å². The Morgan fingerprint density at radius 2 is 1.54 bits per heavy atom. The summed E-state index contributed by atoms with van der Waals surface area (Å²) in [6.07, 6.45) is -4.04. The van der Waals surface area contributed by atoms with E-state index in [0.29, 0.717) is 37.5 Å². The standard InChI is InChI=1S/C24H32F5N3O4S/c25-23(26,24(27,28)29)10-7-17-1-3-18(4-2-17)19-8-13-32(14-9-19)37(35,36)22(21(33)30-34)11-15-31(16-12-22)20-5-6-20/h1-4,19-20,34H,5-16H2,(H,30,33). The molecule has 2 saturated heterocycles. The lowest BCUT2D eigenvalue weighted by Gasteiger charge is -2.43. The molecule has 3 fully saturated rings. The van der Waals surface area contributed by atoms with Crippen molar-refractivity contribution in [3.05, 3.63) is 35.4 Å². The van der Waals surface area contributed by atoms with E-state index in [2.05, 4.69) is 4.90 Å². The molecule has 1 amide bonds. The lowest BCUT2D eigenvalue weighted by molar-refractivity contribution is -0.284. The summed E-state index contributed by atoms with van der Waals surface area (Å²) in [5, 5.41) is 9.34. The number of piperidine rings is 2. The third kappa shape index (κ3) is 5.64. The normalized spacial score (nSPS) is 22.6. The van der Waals surface area contributed by atoms with Crippen LogP contribution in [0.4, 0.5) is 22.0 Å². The van der Waals surface area contributed by atoms with Crippen molar-refractivity contribution in [3.63, 3.8) is 0 Å². The summed E-state index contributed by atoms with van der Waals surface area (Å²) >= 11 is 0. The summed E-state index contributed by atoms with van der Waals surface area (Å²) in [4.78, 5) is 14.9. The van der Waals surface area contributed by atoms with E-state index in [-0.39, 0.29) is 31.8 Å². The number of halogens is 5. The first kappa shape index (κ1) is 28.2. The van der Waals surface area contributed by atoms with Gasteiger partial charge in [0.1, 0.15) is 0 Å². The van der Waals surface area contributed by atoms with Gasteiger partial charge < -0.3 is 4.90 Å². The van der Waals surface area contributed by atoms with Crippen LogP contribution in [-0.2, 0) is 21.2 Å². The van der Waals surface area contributed by atoms with Crippen LogP contribution in [0.2, 0.25) is 0 Å². The lowest BCUT2D eigenvalue weighted by Crippen LogP contribution is -2.62. The quantitative estimate of drug-likeness (QED) is 0.290. The molecule has 4 rings (SSSR count). The van der Waals surface area contributed by atoms with E-state index in [1.807, 2.05) is 0 Å². The van der Waals surface area contributed by atoms with Gasteiger partial charge in [0.05, 0.1) is 0 Å².